The van der Waals surface area contributed by atoms with Crippen molar-refractivity contribution in [3.05, 3.63) is 59.0 Å². The highest BCUT2D eigenvalue weighted by atomic mass is 32.1. The van der Waals surface area contributed by atoms with E-state index in [1.807, 2.05) is 24.4 Å². The molecule has 15 heteroatoms. The summed E-state index contributed by atoms with van der Waals surface area (Å²) < 4.78 is 33.0. The minimum absolute atomic E-state index is 0.00229. The van der Waals surface area contributed by atoms with Gasteiger partial charge in [-0.1, -0.05) is 11.3 Å². The maximum absolute atomic E-state index is 13.0. The van der Waals surface area contributed by atoms with E-state index in [1.54, 1.807) is 28.8 Å². The van der Waals surface area contributed by atoms with Crippen LogP contribution >= 0.6 is 11.3 Å². The van der Waals surface area contributed by atoms with E-state index in [0.29, 0.717) is 24.1 Å². The number of anilines is 1. The maximum Gasteiger partial charge on any atom is 0.314 e. The topological polar surface area (TPSA) is 160 Å². The number of amides is 1. The molecule has 0 saturated heterocycles. The molecule has 2 aliphatic rings. The van der Waals surface area contributed by atoms with Crippen LogP contribution in [0.1, 0.15) is 98.9 Å². The van der Waals surface area contributed by atoms with E-state index in [0.717, 1.165) is 71.0 Å². The standard InChI is InChI=1S/C32H32F2N10O2S/c1-17(45)38-21-8-4-20(5-9-21)31-42-43-32(47-31)24-16-36-26(27-11-10-23-12-18(14-35)15-37-44(23)27)13-25(24)39-22-6-2-19(3-7-22)29-40-41-30(46-29)28(33)34/h10-13,15-16,19-22,28H,2-9H2,1H3,(H,36,39)(H,38,45)/t19-,20-,21-,22-. The first-order chi connectivity index (χ1) is 22.8. The molecule has 0 bridgehead atoms. The van der Waals surface area contributed by atoms with E-state index in [2.05, 4.69) is 42.2 Å². The molecule has 0 unspecified atom stereocenters. The van der Waals surface area contributed by atoms with Gasteiger partial charge in [0.05, 0.1) is 34.2 Å². The Morgan fingerprint density at radius 1 is 1.00 bits per heavy atom. The SMILES string of the molecule is CC(=O)N[C@H]1CC[C@H](c2nnc(-c3cnc(-c4ccc5cc(C#N)cnn45)cc3N[C@H]3CC[C@H](c4nnc(C(F)F)o4)CC3)s2)CC1. The number of carbonyl (C=O) groups excluding carboxylic acids is 1. The van der Waals surface area contributed by atoms with Gasteiger partial charge in [0.1, 0.15) is 11.1 Å². The van der Waals surface area contributed by atoms with Gasteiger partial charge in [-0.25, -0.2) is 4.52 Å². The number of aromatic nitrogens is 7. The first-order valence-electron chi connectivity index (χ1n) is 15.7. The second kappa shape index (κ2) is 13.1. The van der Waals surface area contributed by atoms with Crippen molar-refractivity contribution in [2.75, 3.05) is 5.32 Å². The molecule has 2 N–H and O–H groups in total. The molecule has 242 valence electrons. The van der Waals surface area contributed by atoms with Crippen LogP contribution in [-0.4, -0.2) is 53.0 Å². The fourth-order valence-corrected chi connectivity index (χ4v) is 7.66. The zero-order chi connectivity index (χ0) is 32.5. The Morgan fingerprint density at radius 2 is 1.77 bits per heavy atom. The summed E-state index contributed by atoms with van der Waals surface area (Å²) in [4.78, 5) is 16.3. The van der Waals surface area contributed by atoms with Crippen LogP contribution in [0.3, 0.4) is 0 Å². The van der Waals surface area contributed by atoms with Crippen LogP contribution in [0.15, 0.2) is 41.1 Å². The average molecular weight is 659 g/mol. The molecule has 0 radical (unpaired) electrons. The van der Waals surface area contributed by atoms with Crippen molar-refractivity contribution in [2.24, 2.45) is 0 Å². The van der Waals surface area contributed by atoms with Crippen LogP contribution in [0.25, 0.3) is 27.5 Å². The number of pyridine rings is 1. The number of rotatable bonds is 8. The summed E-state index contributed by atoms with van der Waals surface area (Å²) in [5.74, 6) is -0.143. The van der Waals surface area contributed by atoms with Crippen molar-refractivity contribution in [2.45, 2.75) is 88.6 Å². The fraction of sp³-hybridized carbons (Fsp3) is 0.438. The Hall–Kier alpha value is -4.84. The van der Waals surface area contributed by atoms with Crippen molar-refractivity contribution in [1.82, 2.24) is 40.3 Å². The molecule has 5 heterocycles. The van der Waals surface area contributed by atoms with E-state index < -0.39 is 12.3 Å². The summed E-state index contributed by atoms with van der Waals surface area (Å²) in [6.07, 6.45) is 7.24. The summed E-state index contributed by atoms with van der Waals surface area (Å²) in [5, 5.41) is 38.8. The van der Waals surface area contributed by atoms with Gasteiger partial charge in [-0.2, -0.15) is 19.1 Å². The number of fused-ring (bicyclic) bond motifs is 1. The highest BCUT2D eigenvalue weighted by Gasteiger charge is 2.30. The number of nitrogens with one attached hydrogen (secondary N) is 2. The predicted octanol–water partition coefficient (Wildman–Crippen LogP) is 6.41. The molecule has 0 spiro atoms. The summed E-state index contributed by atoms with van der Waals surface area (Å²) in [6, 6.07) is 10.0. The number of halogens is 2. The third-order valence-corrected chi connectivity index (χ3v) is 10.1. The third kappa shape index (κ3) is 6.55. The van der Waals surface area contributed by atoms with Gasteiger partial charge >= 0.3 is 6.43 Å². The summed E-state index contributed by atoms with van der Waals surface area (Å²) >= 11 is 1.57. The zero-order valence-electron chi connectivity index (χ0n) is 25.6. The molecule has 2 saturated carbocycles. The number of hydrogen-bond acceptors (Lipinski definition) is 11. The van der Waals surface area contributed by atoms with Gasteiger partial charge in [-0.15, -0.1) is 20.4 Å². The normalized spacial score (nSPS) is 21.5. The van der Waals surface area contributed by atoms with Gasteiger partial charge in [0.2, 0.25) is 11.8 Å². The van der Waals surface area contributed by atoms with Gasteiger partial charge in [0, 0.05) is 42.7 Å². The molecule has 12 nitrogen and oxygen atoms in total. The molecule has 1 amide bonds. The van der Waals surface area contributed by atoms with E-state index in [-0.39, 0.29) is 35.7 Å². The predicted molar refractivity (Wildman–Crippen MR) is 169 cm³/mol. The Kier molecular flexibility index (Phi) is 8.59. The molecule has 0 aliphatic heterocycles. The molecule has 0 aromatic carbocycles. The maximum atomic E-state index is 13.0. The number of hydrogen-bond donors (Lipinski definition) is 2. The third-order valence-electron chi connectivity index (χ3n) is 9.03. The molecule has 2 aliphatic carbocycles. The van der Waals surface area contributed by atoms with Crippen molar-refractivity contribution in [3.63, 3.8) is 0 Å². The molecule has 5 aromatic heterocycles. The second-order valence-electron chi connectivity index (χ2n) is 12.2. The number of alkyl halides is 2. The summed E-state index contributed by atoms with van der Waals surface area (Å²) in [5.41, 5.74) is 4.44. The summed E-state index contributed by atoms with van der Waals surface area (Å²) in [7, 11) is 0. The Labute approximate surface area is 272 Å². The molecule has 2 fully saturated rings. The van der Waals surface area contributed by atoms with Crippen LogP contribution in [0.5, 0.6) is 0 Å². The van der Waals surface area contributed by atoms with Crippen LogP contribution in [0.2, 0.25) is 0 Å². The minimum atomic E-state index is -2.78. The van der Waals surface area contributed by atoms with Crippen molar-refractivity contribution < 1.29 is 18.0 Å². The van der Waals surface area contributed by atoms with E-state index >= 15 is 0 Å². The monoisotopic (exact) mass is 658 g/mol. The van der Waals surface area contributed by atoms with Crippen LogP contribution in [0.4, 0.5) is 14.5 Å². The fourth-order valence-electron chi connectivity index (χ4n) is 6.62. The first kappa shape index (κ1) is 30.8. The Bertz CT molecular complexity index is 1930. The highest BCUT2D eigenvalue weighted by Crippen LogP contribution is 2.41. The number of nitriles is 1. The van der Waals surface area contributed by atoms with Gasteiger partial charge in [-0.05, 0) is 75.6 Å². The van der Waals surface area contributed by atoms with E-state index in [1.165, 1.54) is 6.20 Å². The first-order valence-corrected chi connectivity index (χ1v) is 16.5. The van der Waals surface area contributed by atoms with Gasteiger partial charge < -0.3 is 15.1 Å². The largest absolute Gasteiger partial charge is 0.419 e. The quantitative estimate of drug-likeness (QED) is 0.191. The lowest BCUT2D eigenvalue weighted by atomic mass is 9.86. The lowest BCUT2D eigenvalue weighted by Gasteiger charge is -2.28. The zero-order valence-corrected chi connectivity index (χ0v) is 26.4. The molecule has 0 atom stereocenters. The Balaban J connectivity index is 1.14. The second-order valence-corrected chi connectivity index (χ2v) is 13.2. The lowest BCUT2D eigenvalue weighted by molar-refractivity contribution is -0.119. The van der Waals surface area contributed by atoms with Crippen molar-refractivity contribution in [1.29, 1.82) is 5.26 Å². The number of carbonyl (C=O) groups is 1. The summed E-state index contributed by atoms with van der Waals surface area (Å²) in [6.45, 7) is 1.55. The van der Waals surface area contributed by atoms with Crippen molar-refractivity contribution >= 4 is 28.4 Å². The molecule has 5 aromatic rings. The lowest BCUT2D eigenvalue weighted by Crippen LogP contribution is -2.35. The van der Waals surface area contributed by atoms with Crippen LogP contribution in [-0.2, 0) is 4.79 Å². The minimum Gasteiger partial charge on any atom is -0.419 e. The number of nitrogens with zero attached hydrogens (tertiary/aromatic N) is 8. The molecule has 7 rings (SSSR count). The molecular formula is C32H32F2N10O2S. The van der Waals surface area contributed by atoms with E-state index in [4.69, 9.17) is 9.40 Å². The van der Waals surface area contributed by atoms with Gasteiger partial charge in [-0.3, -0.25) is 9.78 Å². The molecule has 47 heavy (non-hydrogen) atoms. The highest BCUT2D eigenvalue weighted by molar-refractivity contribution is 7.14. The smallest absolute Gasteiger partial charge is 0.314 e. The average Bonchev–Trinajstić information content (AvgIpc) is 3.85. The van der Waals surface area contributed by atoms with Gasteiger partial charge in [0.25, 0.3) is 5.89 Å². The van der Waals surface area contributed by atoms with Gasteiger partial charge in [0.15, 0.2) is 5.01 Å². The molecular weight excluding hydrogens is 626 g/mol. The Morgan fingerprint density at radius 3 is 2.49 bits per heavy atom. The van der Waals surface area contributed by atoms with Crippen molar-refractivity contribution in [3.8, 4) is 28.0 Å². The van der Waals surface area contributed by atoms with Crippen LogP contribution < -0.4 is 10.6 Å². The van der Waals surface area contributed by atoms with E-state index in [9.17, 15) is 18.8 Å². The van der Waals surface area contributed by atoms with Crippen LogP contribution in [0, 0.1) is 11.3 Å².